The highest BCUT2D eigenvalue weighted by Crippen LogP contribution is 2.42. The van der Waals surface area contributed by atoms with E-state index < -0.39 is 81.1 Å². The van der Waals surface area contributed by atoms with E-state index in [4.69, 9.17) is 4.98 Å². The number of halogens is 6. The monoisotopic (exact) mass is 1780 g/mol. The number of benzene rings is 3. The zero-order valence-corrected chi connectivity index (χ0v) is 74.8. The van der Waals surface area contributed by atoms with Crippen LogP contribution in [-0.4, -0.2) is 185 Å². The first-order valence-corrected chi connectivity index (χ1v) is 43.9. The number of amides is 3. The van der Waals surface area contributed by atoms with Crippen LogP contribution in [0.2, 0.25) is 0 Å². The lowest BCUT2D eigenvalue weighted by Crippen LogP contribution is -2.59. The molecule has 0 radical (unpaired) electrons. The third-order valence-electron chi connectivity index (χ3n) is 22.9. The lowest BCUT2D eigenvalue weighted by molar-refractivity contribution is -0.127. The van der Waals surface area contributed by atoms with Crippen molar-refractivity contribution in [1.29, 1.82) is 5.26 Å². The number of pyridine rings is 6. The number of carbonyl (C=O) groups is 3. The average molecular weight is 1780 g/mol. The Labute approximate surface area is 743 Å². The molecule has 3 saturated heterocycles. The van der Waals surface area contributed by atoms with E-state index in [1.165, 1.54) is 110 Å². The Morgan fingerprint density at radius 2 is 0.906 bits per heavy atom. The van der Waals surface area contributed by atoms with E-state index in [1.807, 2.05) is 98.3 Å². The van der Waals surface area contributed by atoms with Crippen LogP contribution in [0, 0.1) is 67.0 Å². The van der Waals surface area contributed by atoms with Crippen molar-refractivity contribution >= 4 is 91.8 Å². The van der Waals surface area contributed by atoms with Gasteiger partial charge in [0.25, 0.3) is 0 Å². The maximum absolute atomic E-state index is 16.0. The van der Waals surface area contributed by atoms with Crippen molar-refractivity contribution in [1.82, 2.24) is 73.3 Å². The molecule has 3 amide bonds. The summed E-state index contributed by atoms with van der Waals surface area (Å²) in [6.07, 6.45) is 12.3. The highest BCUT2D eigenvalue weighted by atomic mass is 32.2. The first-order chi connectivity index (χ1) is 61.1. The molecule has 1 N–H and O–H groups in total. The van der Waals surface area contributed by atoms with Crippen LogP contribution in [0.1, 0.15) is 120 Å². The Hall–Kier alpha value is -13.4. The van der Waals surface area contributed by atoms with Gasteiger partial charge < -0.3 is 34.5 Å². The summed E-state index contributed by atoms with van der Waals surface area (Å²) in [6.45, 7) is 36.2. The maximum atomic E-state index is 16.0. The minimum Gasteiger partial charge on any atom is -0.507 e. The van der Waals surface area contributed by atoms with E-state index in [9.17, 15) is 43.5 Å². The highest BCUT2D eigenvalue weighted by Gasteiger charge is 2.39. The zero-order valence-electron chi connectivity index (χ0n) is 73.1. The minimum absolute atomic E-state index is 0.000706. The topological polar surface area (TPSA) is 297 Å². The Morgan fingerprint density at radius 3 is 1.32 bits per heavy atom. The first-order valence-electron chi connectivity index (χ1n) is 41.4. The van der Waals surface area contributed by atoms with Crippen molar-refractivity contribution in [2.45, 2.75) is 141 Å². The van der Waals surface area contributed by atoms with Gasteiger partial charge in [0, 0.05) is 110 Å². The van der Waals surface area contributed by atoms with Gasteiger partial charge in [-0.2, -0.15) is 20.2 Å². The van der Waals surface area contributed by atoms with Crippen LogP contribution in [0.25, 0.3) is 83.9 Å². The molecule has 662 valence electrons. The van der Waals surface area contributed by atoms with Gasteiger partial charge in [-0.25, -0.2) is 69.4 Å². The summed E-state index contributed by atoms with van der Waals surface area (Å²) in [5, 5.41) is 20.9. The summed E-state index contributed by atoms with van der Waals surface area (Å²) in [4.78, 5) is 132. The smallest absolute Gasteiger partial charge is 0.355 e. The van der Waals surface area contributed by atoms with E-state index in [-0.39, 0.29) is 118 Å². The Kier molecular flexibility index (Phi) is 27.7. The summed E-state index contributed by atoms with van der Waals surface area (Å²) in [6, 6.07) is 21.9. The van der Waals surface area contributed by atoms with Crippen LogP contribution in [0.15, 0.2) is 172 Å². The molecule has 0 bridgehead atoms. The zero-order chi connectivity index (χ0) is 92.5. The molecule has 0 saturated carbocycles. The van der Waals surface area contributed by atoms with Crippen LogP contribution in [0.4, 0.5) is 43.8 Å². The number of aryl methyl sites for hydroxylation is 3. The third kappa shape index (κ3) is 17.9. The predicted octanol–water partition coefficient (Wildman–Crippen LogP) is 15.8. The van der Waals surface area contributed by atoms with Crippen molar-refractivity contribution in [3.05, 3.63) is 248 Å². The van der Waals surface area contributed by atoms with Gasteiger partial charge in [0.1, 0.15) is 69.4 Å². The Balaban J connectivity index is 0.000000164. The molecule has 3 aromatic carbocycles. The number of fused-ring (bicyclic) bond motifs is 3. The highest BCUT2D eigenvalue weighted by molar-refractivity contribution is 7.99. The van der Waals surface area contributed by atoms with E-state index in [1.54, 1.807) is 69.6 Å². The normalized spacial score (nSPS) is 15.9. The molecule has 0 aliphatic carbocycles. The van der Waals surface area contributed by atoms with E-state index in [0.29, 0.717) is 111 Å². The molecule has 0 spiro atoms. The second kappa shape index (κ2) is 38.4. The number of hydrogen-bond donors (Lipinski definition) is 1. The van der Waals surface area contributed by atoms with Crippen LogP contribution in [0.5, 0.6) is 5.75 Å². The first kappa shape index (κ1) is 92.3. The molecule has 3 fully saturated rings. The fraction of sp³-hybridized carbons (Fsp3) is 0.319. The van der Waals surface area contributed by atoms with Crippen molar-refractivity contribution < 1.29 is 45.8 Å². The van der Waals surface area contributed by atoms with Gasteiger partial charge in [-0.1, -0.05) is 67.3 Å². The molecule has 1 unspecified atom stereocenters. The van der Waals surface area contributed by atoms with Crippen LogP contribution in [0.3, 0.4) is 0 Å². The van der Waals surface area contributed by atoms with E-state index in [0.717, 1.165) is 23.3 Å². The standard InChI is InChI=1S/C32H31F2N7O3.2C31H32F2N6O2S/c1-6-25(43)39-15-19(5)40(20(16-39)10-12-35)31-21-14-23(34)28(26-22(33)8-7-9-24(26)42)37-30(21)41(32(44)38-31)29-18(4)11-13-36-27(29)17(2)3;1-7-25(40)37-12-13-38(19(5)16-37)29-22-15-23(33)27(21-9-8-20(32)14-24(21)42-6)35-30(22)39(31(41)36-29)28-18(4)10-11-34-26(28)17(2)3;1-7-25(40)37-12-13-38(19(5)16-37)29-22-15-24(33)27(21-9-8-20(42-6)14-23(21)32)35-30(22)39(31(41)36-29)28-18(4)10-11-34-26(28)17(2)3/h6-9,11,13-14,17,19-20,42H,1,10,15-16H2,2-5H3;2*7-11,14-15,17,19H,1,12-13,16H2,2-6H3/t19-,20?;2*19-/m000/s1. The van der Waals surface area contributed by atoms with Gasteiger partial charge in [0.2, 0.25) is 17.7 Å². The molecule has 26 nitrogen and oxygen atoms in total. The number of carbonyl (C=O) groups excluding carboxylic acids is 3. The molecule has 34 heteroatoms. The van der Waals surface area contributed by atoms with Gasteiger partial charge in [-0.15, -0.1) is 23.5 Å². The third-order valence-corrected chi connectivity index (χ3v) is 24.4. The molecule has 12 aromatic rings. The summed E-state index contributed by atoms with van der Waals surface area (Å²) in [5.41, 5.74) is 3.21. The SMILES string of the molecule is C=CC(=O)N1CC(CC#N)N(c2nc(=O)n(-c3c(C)ccnc3C(C)C)c3nc(-c4c(O)cccc4F)c(F)cc23)[C@@H](C)C1.C=CC(=O)N1CCN(c2nc(=O)n(-c3c(C)ccnc3C(C)C)c3nc(-c4ccc(F)cc4SC)c(F)cc23)[C@@H](C)C1.C=CC(=O)N1CCN(c2nc(=O)n(-c3c(C)ccnc3C(C)C)c3nc(-c4ccc(SC)cc4F)c(F)cc23)[C@@H](C)C1. The molecule has 4 atom stereocenters. The molecule has 12 heterocycles. The number of phenols is 1. The molecule has 9 aromatic heterocycles. The van der Waals surface area contributed by atoms with Gasteiger partial charge in [0.05, 0.1) is 74.4 Å². The summed E-state index contributed by atoms with van der Waals surface area (Å²) in [5.74, 6) is -5.06. The molecular formula is C94H95F6N19O7S2. The number of nitrogens with zero attached hydrogens (tertiary/aromatic N) is 19. The number of thioether (sulfide) groups is 2. The lowest BCUT2D eigenvalue weighted by Gasteiger charge is -2.45. The minimum atomic E-state index is -0.955. The van der Waals surface area contributed by atoms with E-state index in [2.05, 4.69) is 65.7 Å². The molecular weight excluding hydrogens is 1690 g/mol. The predicted molar refractivity (Wildman–Crippen MR) is 486 cm³/mol. The number of rotatable bonds is 18. The molecule has 3 aliphatic rings. The maximum Gasteiger partial charge on any atom is 0.355 e. The molecule has 15 rings (SSSR count). The Bertz CT molecular complexity index is 6680. The number of nitriles is 1. The fourth-order valence-corrected chi connectivity index (χ4v) is 17.8. The second-order valence-corrected chi connectivity index (χ2v) is 34.1. The van der Waals surface area contributed by atoms with Crippen molar-refractivity contribution in [3.63, 3.8) is 0 Å². The van der Waals surface area contributed by atoms with Crippen LogP contribution < -0.4 is 31.8 Å². The van der Waals surface area contributed by atoms with Crippen molar-refractivity contribution in [3.8, 4) is 62.7 Å². The number of piperazine rings is 3. The number of aromatic nitrogens is 12. The van der Waals surface area contributed by atoms with Crippen molar-refractivity contribution in [2.24, 2.45) is 0 Å². The number of phenolic OH excluding ortho intramolecular Hbond substituents is 1. The van der Waals surface area contributed by atoms with Gasteiger partial charge in [-0.3, -0.25) is 29.3 Å². The summed E-state index contributed by atoms with van der Waals surface area (Å²) in [7, 11) is 0. The lowest BCUT2D eigenvalue weighted by atomic mass is 10.0. The number of hydrogen-bond acceptors (Lipinski definition) is 22. The summed E-state index contributed by atoms with van der Waals surface area (Å²) >= 11 is 2.65. The van der Waals surface area contributed by atoms with E-state index >= 15 is 22.0 Å². The second-order valence-electron chi connectivity index (χ2n) is 32.4. The summed E-state index contributed by atoms with van der Waals surface area (Å²) < 4.78 is 96.2. The molecule has 128 heavy (non-hydrogen) atoms. The Morgan fingerprint density at radius 1 is 0.492 bits per heavy atom. The average Bonchev–Trinajstić information content (AvgIpc) is 0.734. The number of anilines is 3. The van der Waals surface area contributed by atoms with Gasteiger partial charge >= 0.3 is 17.1 Å². The molecule has 3 aliphatic heterocycles. The fourth-order valence-electron chi connectivity index (χ4n) is 16.7. The quantitative estimate of drug-likeness (QED) is 0.0474. The van der Waals surface area contributed by atoms with Gasteiger partial charge in [0.15, 0.2) is 22.8 Å². The van der Waals surface area contributed by atoms with Crippen LogP contribution in [-0.2, 0) is 14.4 Å². The van der Waals surface area contributed by atoms with Crippen LogP contribution >= 0.6 is 23.5 Å². The number of aromatic hydroxyl groups is 1. The van der Waals surface area contributed by atoms with Crippen molar-refractivity contribution in [2.75, 3.05) is 79.6 Å². The largest absolute Gasteiger partial charge is 0.507 e. The van der Waals surface area contributed by atoms with Gasteiger partial charge in [-0.05, 0) is 192 Å².